The van der Waals surface area contributed by atoms with Gasteiger partial charge in [0.15, 0.2) is 0 Å². The van der Waals surface area contributed by atoms with E-state index in [2.05, 4.69) is 193 Å². The Labute approximate surface area is 352 Å². The molecule has 3 unspecified atom stereocenters. The van der Waals surface area contributed by atoms with Crippen LogP contribution in [0.1, 0.15) is 67.7 Å². The molecule has 3 heteroatoms. The van der Waals surface area contributed by atoms with Crippen LogP contribution in [0.3, 0.4) is 0 Å². The molecule has 286 valence electrons. The molecule has 0 N–H and O–H groups in total. The number of fused-ring (bicyclic) bond motifs is 11. The van der Waals surface area contributed by atoms with Crippen molar-refractivity contribution in [2.75, 3.05) is 9.80 Å². The standard InChI is InChI=1S/C56H46N2S/c1-37-26-31-41(32-27-37)57(40-14-3-2-4-15-40)42-33-28-38(29-34-42)39-30-35-44-43-16-5-7-18-46(43)56(49(44)36-39)47-19-8-6-17-45(47)55-48(56)20-13-23-52(55)58-50-21-9-11-24-53(50)59-54-25-12-10-22-51(54)58/h2-3,5-11,13-14,16-20,22-24,26,28-37,50H,4,12,15,21,25,27H2,1H3. The summed E-state index contributed by atoms with van der Waals surface area (Å²) in [5, 5.41) is 0. The lowest BCUT2D eigenvalue weighted by molar-refractivity contribution is 0.725. The highest BCUT2D eigenvalue weighted by molar-refractivity contribution is 8.06. The number of hydrogen-bond acceptors (Lipinski definition) is 3. The summed E-state index contributed by atoms with van der Waals surface area (Å²) in [6.45, 7) is 2.29. The number of allylic oxidation sites excluding steroid dienone is 12. The van der Waals surface area contributed by atoms with Crippen molar-refractivity contribution in [2.45, 2.75) is 56.9 Å². The first-order chi connectivity index (χ1) is 29.2. The maximum absolute atomic E-state index is 2.70. The van der Waals surface area contributed by atoms with Crippen LogP contribution in [0.15, 0.2) is 203 Å². The highest BCUT2D eigenvalue weighted by Crippen LogP contribution is 2.65. The van der Waals surface area contributed by atoms with Gasteiger partial charge in [-0.1, -0.05) is 152 Å². The van der Waals surface area contributed by atoms with Crippen LogP contribution in [0, 0.1) is 5.92 Å². The van der Waals surface area contributed by atoms with E-state index in [1.165, 1.54) is 93.9 Å². The maximum atomic E-state index is 2.70. The highest BCUT2D eigenvalue weighted by atomic mass is 32.2. The summed E-state index contributed by atoms with van der Waals surface area (Å²) in [6.07, 6.45) is 32.0. The Morgan fingerprint density at radius 2 is 1.42 bits per heavy atom. The quantitative estimate of drug-likeness (QED) is 0.172. The Bertz CT molecular complexity index is 2840. The van der Waals surface area contributed by atoms with Gasteiger partial charge in [-0.05, 0) is 137 Å². The fraction of sp³-hybridized carbons (Fsp3) is 0.179. The molecule has 0 saturated carbocycles. The molecule has 1 spiro atoms. The molecular formula is C56H46N2S. The number of nitrogens with zero attached hydrogens (tertiary/aromatic N) is 2. The second kappa shape index (κ2) is 13.8. The zero-order chi connectivity index (χ0) is 39.1. The molecule has 0 saturated heterocycles. The van der Waals surface area contributed by atoms with E-state index in [4.69, 9.17) is 0 Å². The second-order valence-electron chi connectivity index (χ2n) is 17.0. The Hall–Kier alpha value is -6.03. The summed E-state index contributed by atoms with van der Waals surface area (Å²) in [5.41, 5.74) is 19.5. The fourth-order valence-corrected chi connectivity index (χ4v) is 12.2. The lowest BCUT2D eigenvalue weighted by Gasteiger charge is -2.43. The Kier molecular flexibility index (Phi) is 8.17. The smallest absolute Gasteiger partial charge is 0.0726 e. The van der Waals surface area contributed by atoms with Gasteiger partial charge in [0.1, 0.15) is 0 Å². The molecule has 2 nitrogen and oxygen atoms in total. The van der Waals surface area contributed by atoms with Gasteiger partial charge in [-0.25, -0.2) is 0 Å². The molecule has 1 heterocycles. The van der Waals surface area contributed by atoms with E-state index in [0.29, 0.717) is 5.92 Å². The van der Waals surface area contributed by atoms with E-state index in [-0.39, 0.29) is 6.04 Å². The van der Waals surface area contributed by atoms with Gasteiger partial charge < -0.3 is 9.80 Å². The zero-order valence-electron chi connectivity index (χ0n) is 33.4. The van der Waals surface area contributed by atoms with E-state index in [9.17, 15) is 0 Å². The summed E-state index contributed by atoms with van der Waals surface area (Å²) < 4.78 is 0. The number of benzene rings is 5. The minimum atomic E-state index is -0.437. The average Bonchev–Trinajstić information content (AvgIpc) is 3.77. The largest absolute Gasteiger partial charge is 0.332 e. The molecule has 5 aromatic rings. The summed E-state index contributed by atoms with van der Waals surface area (Å²) in [7, 11) is 0. The third kappa shape index (κ3) is 5.27. The molecule has 12 rings (SSSR count). The predicted molar refractivity (Wildman–Crippen MR) is 249 cm³/mol. The van der Waals surface area contributed by atoms with Crippen molar-refractivity contribution in [3.05, 3.63) is 225 Å². The van der Waals surface area contributed by atoms with E-state index < -0.39 is 5.41 Å². The molecule has 0 radical (unpaired) electrons. The first kappa shape index (κ1) is 35.0. The maximum Gasteiger partial charge on any atom is 0.0726 e. The molecule has 6 aliphatic carbocycles. The number of thioether (sulfide) groups is 1. The van der Waals surface area contributed by atoms with Crippen LogP contribution in [0.4, 0.5) is 11.4 Å². The molecule has 0 bridgehead atoms. The van der Waals surface area contributed by atoms with Crippen molar-refractivity contribution in [3.63, 3.8) is 0 Å². The summed E-state index contributed by atoms with van der Waals surface area (Å²) in [5.74, 6) is 0.574. The van der Waals surface area contributed by atoms with Crippen LogP contribution < -0.4 is 9.80 Å². The Morgan fingerprint density at radius 3 is 2.25 bits per heavy atom. The summed E-state index contributed by atoms with van der Waals surface area (Å²) in [4.78, 5) is 8.13. The van der Waals surface area contributed by atoms with E-state index in [1.807, 2.05) is 11.8 Å². The van der Waals surface area contributed by atoms with E-state index >= 15 is 0 Å². The van der Waals surface area contributed by atoms with Crippen LogP contribution in [-0.4, -0.2) is 6.04 Å². The number of rotatable bonds is 5. The lowest BCUT2D eigenvalue weighted by Crippen LogP contribution is -2.39. The number of anilines is 2. The van der Waals surface area contributed by atoms with Gasteiger partial charge in [0.05, 0.1) is 17.2 Å². The minimum absolute atomic E-state index is 0.287. The normalized spacial score (nSPS) is 22.9. The molecule has 59 heavy (non-hydrogen) atoms. The Morgan fingerprint density at radius 1 is 0.661 bits per heavy atom. The van der Waals surface area contributed by atoms with Crippen LogP contribution >= 0.6 is 11.8 Å². The monoisotopic (exact) mass is 778 g/mol. The fourth-order valence-electron chi connectivity index (χ4n) is 11.0. The molecule has 3 atom stereocenters. The summed E-state index contributed by atoms with van der Waals surface area (Å²) in [6, 6.07) is 42.6. The van der Waals surface area contributed by atoms with Crippen LogP contribution in [0.5, 0.6) is 0 Å². The van der Waals surface area contributed by atoms with Crippen LogP contribution in [0.2, 0.25) is 0 Å². The predicted octanol–water partition coefficient (Wildman–Crippen LogP) is 14.5. The zero-order valence-corrected chi connectivity index (χ0v) is 34.3. The van der Waals surface area contributed by atoms with Crippen molar-refractivity contribution in [1.29, 1.82) is 0 Å². The molecular weight excluding hydrogens is 733 g/mol. The van der Waals surface area contributed by atoms with Crippen molar-refractivity contribution in [3.8, 4) is 33.4 Å². The topological polar surface area (TPSA) is 6.48 Å². The summed E-state index contributed by atoms with van der Waals surface area (Å²) >= 11 is 2.02. The van der Waals surface area contributed by atoms with Crippen LogP contribution in [-0.2, 0) is 5.41 Å². The van der Waals surface area contributed by atoms with Gasteiger partial charge in [-0.3, -0.25) is 0 Å². The van der Waals surface area contributed by atoms with Crippen molar-refractivity contribution in [1.82, 2.24) is 0 Å². The van der Waals surface area contributed by atoms with Gasteiger partial charge in [0.25, 0.3) is 0 Å². The van der Waals surface area contributed by atoms with Gasteiger partial charge >= 0.3 is 0 Å². The van der Waals surface area contributed by atoms with Crippen molar-refractivity contribution in [2.24, 2.45) is 5.92 Å². The van der Waals surface area contributed by atoms with Gasteiger partial charge in [-0.15, -0.1) is 0 Å². The molecule has 0 aromatic heterocycles. The lowest BCUT2D eigenvalue weighted by atomic mass is 9.70. The third-order valence-corrected chi connectivity index (χ3v) is 14.9. The first-order valence-corrected chi connectivity index (χ1v) is 22.4. The number of hydrogen-bond donors (Lipinski definition) is 0. The highest BCUT2D eigenvalue weighted by Gasteiger charge is 2.53. The van der Waals surface area contributed by atoms with Gasteiger partial charge in [0, 0.05) is 38.1 Å². The first-order valence-electron chi connectivity index (χ1n) is 21.5. The second-order valence-corrected chi connectivity index (χ2v) is 18.1. The molecule has 1 aliphatic heterocycles. The molecule has 7 aliphatic rings. The average molecular weight is 779 g/mol. The Balaban J connectivity index is 1.02. The molecule has 0 amide bonds. The SMILES string of the molecule is CC1C=CC(N(C2=CC=CCC2)c2ccc(-c3ccc4c(c3)C3(c5ccccc5-4)c4ccccc4-c4c(N5C6=C(CCC=C6)SC6=CC=CCC65)cccc43)cc2)=CC1. The van der Waals surface area contributed by atoms with Crippen LogP contribution in [0.25, 0.3) is 33.4 Å². The molecule has 0 fully saturated rings. The van der Waals surface area contributed by atoms with E-state index in [1.54, 1.807) is 0 Å². The van der Waals surface area contributed by atoms with Crippen molar-refractivity contribution < 1.29 is 0 Å². The van der Waals surface area contributed by atoms with Crippen molar-refractivity contribution >= 4 is 23.1 Å². The third-order valence-electron chi connectivity index (χ3n) is 13.6. The van der Waals surface area contributed by atoms with Gasteiger partial charge in [-0.2, -0.15) is 0 Å². The molecule has 5 aromatic carbocycles. The van der Waals surface area contributed by atoms with Gasteiger partial charge in [0.2, 0.25) is 0 Å². The minimum Gasteiger partial charge on any atom is -0.332 e. The van der Waals surface area contributed by atoms with E-state index in [0.717, 1.165) is 38.5 Å².